The SMILES string of the molecule is CC1(C)CCC(O)(CNC(=O)CCC2CCNC2)CC1. The minimum absolute atomic E-state index is 0.0927. The second-order valence-electron chi connectivity index (χ2n) is 7.56. The van der Waals surface area contributed by atoms with Gasteiger partial charge in [-0.05, 0) is 62.9 Å². The van der Waals surface area contributed by atoms with Gasteiger partial charge >= 0.3 is 0 Å². The number of carbonyl (C=O) groups excluding carboxylic acids is 1. The Hall–Kier alpha value is -0.610. The summed E-state index contributed by atoms with van der Waals surface area (Å²) in [6.07, 6.45) is 6.41. The molecule has 1 heterocycles. The van der Waals surface area contributed by atoms with Crippen LogP contribution in [0.3, 0.4) is 0 Å². The van der Waals surface area contributed by atoms with Crippen molar-refractivity contribution in [3.63, 3.8) is 0 Å². The summed E-state index contributed by atoms with van der Waals surface area (Å²) in [5, 5.41) is 16.8. The summed E-state index contributed by atoms with van der Waals surface area (Å²) in [4.78, 5) is 11.9. The monoisotopic (exact) mass is 282 g/mol. The molecule has 1 aliphatic heterocycles. The molecule has 0 spiro atoms. The van der Waals surface area contributed by atoms with E-state index in [1.807, 2.05) is 0 Å². The molecule has 0 aromatic heterocycles. The maximum Gasteiger partial charge on any atom is 0.220 e. The lowest BCUT2D eigenvalue weighted by Crippen LogP contribution is -2.46. The summed E-state index contributed by atoms with van der Waals surface area (Å²) in [6.45, 7) is 7.06. The summed E-state index contributed by atoms with van der Waals surface area (Å²) in [5.41, 5.74) is -0.341. The number of hydrogen-bond donors (Lipinski definition) is 3. The first-order chi connectivity index (χ1) is 9.39. The molecule has 1 saturated heterocycles. The fraction of sp³-hybridized carbons (Fsp3) is 0.938. The Morgan fingerprint density at radius 2 is 2.00 bits per heavy atom. The maximum absolute atomic E-state index is 11.9. The van der Waals surface area contributed by atoms with Crippen LogP contribution in [-0.4, -0.2) is 36.2 Å². The molecule has 0 bridgehead atoms. The molecule has 2 aliphatic rings. The fourth-order valence-corrected chi connectivity index (χ4v) is 3.22. The van der Waals surface area contributed by atoms with Crippen LogP contribution in [0.25, 0.3) is 0 Å². The van der Waals surface area contributed by atoms with E-state index in [1.165, 1.54) is 6.42 Å². The molecule has 4 nitrogen and oxygen atoms in total. The van der Waals surface area contributed by atoms with Gasteiger partial charge in [-0.3, -0.25) is 4.79 Å². The van der Waals surface area contributed by atoms with E-state index in [-0.39, 0.29) is 5.91 Å². The van der Waals surface area contributed by atoms with Gasteiger partial charge in [0.15, 0.2) is 0 Å². The van der Waals surface area contributed by atoms with Gasteiger partial charge in [0, 0.05) is 13.0 Å². The Labute approximate surface area is 122 Å². The highest BCUT2D eigenvalue weighted by Gasteiger charge is 2.36. The highest BCUT2D eigenvalue weighted by atomic mass is 16.3. The smallest absolute Gasteiger partial charge is 0.220 e. The molecule has 1 amide bonds. The lowest BCUT2D eigenvalue weighted by atomic mass is 9.71. The van der Waals surface area contributed by atoms with E-state index in [9.17, 15) is 9.90 Å². The first-order valence-electron chi connectivity index (χ1n) is 8.08. The molecular formula is C16H30N2O2. The Morgan fingerprint density at radius 3 is 2.60 bits per heavy atom. The summed E-state index contributed by atoms with van der Waals surface area (Å²) < 4.78 is 0. The number of carbonyl (C=O) groups is 1. The highest BCUT2D eigenvalue weighted by Crippen LogP contribution is 2.39. The van der Waals surface area contributed by atoms with Crippen LogP contribution in [0.1, 0.15) is 58.8 Å². The van der Waals surface area contributed by atoms with Gasteiger partial charge in [0.25, 0.3) is 0 Å². The van der Waals surface area contributed by atoms with E-state index >= 15 is 0 Å². The molecule has 0 radical (unpaired) electrons. The second kappa shape index (κ2) is 6.44. The summed E-state index contributed by atoms with van der Waals surface area (Å²) in [5.74, 6) is 0.745. The van der Waals surface area contributed by atoms with Gasteiger partial charge in [0.2, 0.25) is 5.91 Å². The fourth-order valence-electron chi connectivity index (χ4n) is 3.22. The van der Waals surface area contributed by atoms with E-state index in [1.54, 1.807) is 0 Å². The zero-order valence-corrected chi connectivity index (χ0v) is 13.0. The summed E-state index contributed by atoms with van der Waals surface area (Å²) >= 11 is 0. The van der Waals surface area contributed by atoms with Gasteiger partial charge < -0.3 is 15.7 Å². The largest absolute Gasteiger partial charge is 0.388 e. The first-order valence-corrected chi connectivity index (χ1v) is 8.08. The van der Waals surface area contributed by atoms with Crippen molar-refractivity contribution in [2.45, 2.75) is 64.4 Å². The van der Waals surface area contributed by atoms with Crippen LogP contribution in [0.2, 0.25) is 0 Å². The van der Waals surface area contributed by atoms with Crippen molar-refractivity contribution in [2.24, 2.45) is 11.3 Å². The highest BCUT2D eigenvalue weighted by molar-refractivity contribution is 5.75. The maximum atomic E-state index is 11.9. The second-order valence-corrected chi connectivity index (χ2v) is 7.56. The van der Waals surface area contributed by atoms with Crippen LogP contribution in [0, 0.1) is 11.3 Å². The molecule has 3 N–H and O–H groups in total. The molecular weight excluding hydrogens is 252 g/mol. The molecule has 116 valence electrons. The minimum atomic E-state index is -0.680. The average Bonchev–Trinajstić information content (AvgIpc) is 2.92. The molecule has 4 heteroatoms. The lowest BCUT2D eigenvalue weighted by Gasteiger charge is -2.40. The Kier molecular flexibility index (Phi) is 5.08. The van der Waals surface area contributed by atoms with Gasteiger partial charge in [-0.15, -0.1) is 0 Å². The van der Waals surface area contributed by atoms with Gasteiger partial charge in [-0.25, -0.2) is 0 Å². The third-order valence-electron chi connectivity index (χ3n) is 5.09. The zero-order valence-electron chi connectivity index (χ0n) is 13.0. The molecule has 2 rings (SSSR count). The summed E-state index contributed by atoms with van der Waals surface area (Å²) in [7, 11) is 0. The van der Waals surface area contributed by atoms with E-state index in [0.717, 1.165) is 45.2 Å². The third-order valence-corrected chi connectivity index (χ3v) is 5.09. The van der Waals surface area contributed by atoms with Crippen molar-refractivity contribution >= 4 is 5.91 Å². The van der Waals surface area contributed by atoms with Crippen LogP contribution in [-0.2, 0) is 4.79 Å². The summed E-state index contributed by atoms with van der Waals surface area (Å²) in [6, 6.07) is 0. The van der Waals surface area contributed by atoms with Crippen molar-refractivity contribution in [1.82, 2.24) is 10.6 Å². The van der Waals surface area contributed by atoms with Crippen LogP contribution >= 0.6 is 0 Å². The van der Waals surface area contributed by atoms with Crippen molar-refractivity contribution < 1.29 is 9.90 Å². The standard InChI is InChI=1S/C16H30N2O2/c1-15(2)6-8-16(20,9-7-15)12-18-14(19)4-3-13-5-10-17-11-13/h13,17,20H,3-12H2,1-2H3,(H,18,19). The molecule has 20 heavy (non-hydrogen) atoms. The van der Waals surface area contributed by atoms with Crippen molar-refractivity contribution in [3.8, 4) is 0 Å². The first kappa shape index (κ1) is 15.8. The molecule has 1 aliphatic carbocycles. The average molecular weight is 282 g/mol. The number of rotatable bonds is 5. The molecule has 2 fully saturated rings. The number of hydrogen-bond acceptors (Lipinski definition) is 3. The normalized spacial score (nSPS) is 28.2. The molecule has 1 atom stereocenters. The van der Waals surface area contributed by atoms with Gasteiger partial charge in [0.05, 0.1) is 5.60 Å². The topological polar surface area (TPSA) is 61.4 Å². The van der Waals surface area contributed by atoms with Crippen molar-refractivity contribution in [2.75, 3.05) is 19.6 Å². The van der Waals surface area contributed by atoms with E-state index in [2.05, 4.69) is 24.5 Å². The molecule has 0 aromatic carbocycles. The Bertz CT molecular complexity index is 325. The van der Waals surface area contributed by atoms with Crippen molar-refractivity contribution in [1.29, 1.82) is 0 Å². The Morgan fingerprint density at radius 1 is 1.30 bits per heavy atom. The Balaban J connectivity index is 1.65. The predicted molar refractivity (Wildman–Crippen MR) is 80.4 cm³/mol. The van der Waals surface area contributed by atoms with E-state index < -0.39 is 5.60 Å². The van der Waals surface area contributed by atoms with E-state index in [0.29, 0.717) is 24.3 Å². The quantitative estimate of drug-likeness (QED) is 0.721. The molecule has 1 unspecified atom stereocenters. The van der Waals surface area contributed by atoms with Crippen LogP contribution < -0.4 is 10.6 Å². The van der Waals surface area contributed by atoms with Crippen molar-refractivity contribution in [3.05, 3.63) is 0 Å². The van der Waals surface area contributed by atoms with Crippen LogP contribution in [0.15, 0.2) is 0 Å². The van der Waals surface area contributed by atoms with Gasteiger partial charge in [0.1, 0.15) is 0 Å². The van der Waals surface area contributed by atoms with Crippen LogP contribution in [0.4, 0.5) is 0 Å². The van der Waals surface area contributed by atoms with E-state index in [4.69, 9.17) is 0 Å². The third kappa shape index (κ3) is 4.74. The lowest BCUT2D eigenvalue weighted by molar-refractivity contribution is -0.123. The number of aliphatic hydroxyl groups is 1. The number of nitrogens with one attached hydrogen (secondary N) is 2. The predicted octanol–water partition coefficient (Wildman–Crippen LogP) is 1.82. The molecule has 0 aromatic rings. The van der Waals surface area contributed by atoms with Crippen LogP contribution in [0.5, 0.6) is 0 Å². The minimum Gasteiger partial charge on any atom is -0.388 e. The van der Waals surface area contributed by atoms with Gasteiger partial charge in [-0.1, -0.05) is 13.8 Å². The zero-order chi connectivity index (χ0) is 14.6. The number of amides is 1. The molecule has 1 saturated carbocycles. The van der Waals surface area contributed by atoms with Gasteiger partial charge in [-0.2, -0.15) is 0 Å².